The van der Waals surface area contributed by atoms with Gasteiger partial charge in [-0.25, -0.2) is 0 Å². The van der Waals surface area contributed by atoms with Crippen molar-refractivity contribution in [2.75, 3.05) is 19.7 Å². The lowest BCUT2D eigenvalue weighted by molar-refractivity contribution is -0.164. The summed E-state index contributed by atoms with van der Waals surface area (Å²) in [4.78, 5) is 14.6. The molecule has 3 heterocycles. The highest BCUT2D eigenvalue weighted by atomic mass is 16.5. The van der Waals surface area contributed by atoms with Gasteiger partial charge in [-0.05, 0) is 73.8 Å². The second-order valence-corrected chi connectivity index (χ2v) is 11.3. The van der Waals surface area contributed by atoms with Crippen LogP contribution in [0.5, 0.6) is 0 Å². The van der Waals surface area contributed by atoms with Crippen molar-refractivity contribution in [1.29, 1.82) is 0 Å². The first kappa shape index (κ1) is 18.9. The van der Waals surface area contributed by atoms with Gasteiger partial charge < -0.3 is 14.1 Å². The van der Waals surface area contributed by atoms with Crippen molar-refractivity contribution in [1.82, 2.24) is 4.90 Å². The standard InChI is InChI=1S/C26H33NO3/c1-16-4-7-18-19-13-25(2,3)20-14-26(15-29-23(20)22(19)30-21(18)12-16)8-10-27(11-9-26)24(28)17-5-6-17/h4,7,12,17,20,23H,5-6,8-11,13-15H2,1-3H3/t20-,23-/m0/s1. The van der Waals surface area contributed by atoms with E-state index in [0.717, 1.165) is 63.1 Å². The Morgan fingerprint density at radius 2 is 1.93 bits per heavy atom. The molecule has 2 aliphatic heterocycles. The van der Waals surface area contributed by atoms with Gasteiger partial charge >= 0.3 is 0 Å². The van der Waals surface area contributed by atoms with Crippen molar-refractivity contribution in [3.05, 3.63) is 35.1 Å². The Kier molecular flexibility index (Phi) is 4.01. The minimum atomic E-state index is 0.0632. The number of piperidine rings is 1. The van der Waals surface area contributed by atoms with Gasteiger partial charge in [0.15, 0.2) is 0 Å². The highest BCUT2D eigenvalue weighted by Crippen LogP contribution is 2.58. The lowest BCUT2D eigenvalue weighted by atomic mass is 9.58. The van der Waals surface area contributed by atoms with E-state index in [-0.39, 0.29) is 16.9 Å². The van der Waals surface area contributed by atoms with Crippen molar-refractivity contribution < 1.29 is 13.9 Å². The van der Waals surface area contributed by atoms with E-state index in [2.05, 4.69) is 43.9 Å². The van der Waals surface area contributed by atoms with E-state index in [1.165, 1.54) is 22.9 Å². The Hall–Kier alpha value is -1.81. The average molecular weight is 408 g/mol. The van der Waals surface area contributed by atoms with Crippen LogP contribution in [0.2, 0.25) is 0 Å². The molecule has 4 heteroatoms. The van der Waals surface area contributed by atoms with Gasteiger partial charge in [0.05, 0.1) is 6.61 Å². The first-order valence-electron chi connectivity index (χ1n) is 11.8. The minimum absolute atomic E-state index is 0.0632. The third-order valence-electron chi connectivity index (χ3n) is 8.52. The zero-order valence-electron chi connectivity index (χ0n) is 18.5. The number of amides is 1. The zero-order valence-corrected chi connectivity index (χ0v) is 18.5. The summed E-state index contributed by atoms with van der Waals surface area (Å²) in [6.45, 7) is 9.56. The molecule has 2 aliphatic carbocycles. The van der Waals surface area contributed by atoms with E-state index in [1.54, 1.807) is 0 Å². The van der Waals surface area contributed by atoms with Crippen molar-refractivity contribution in [2.24, 2.45) is 22.7 Å². The molecule has 1 amide bonds. The number of benzene rings is 1. The molecule has 2 aromatic rings. The number of hydrogen-bond donors (Lipinski definition) is 0. The zero-order chi connectivity index (χ0) is 20.7. The molecule has 1 spiro atoms. The Labute approximate surface area is 178 Å². The number of ether oxygens (including phenoxy) is 1. The summed E-state index contributed by atoms with van der Waals surface area (Å²) < 4.78 is 13.1. The van der Waals surface area contributed by atoms with Crippen LogP contribution in [-0.2, 0) is 16.0 Å². The topological polar surface area (TPSA) is 42.7 Å². The highest BCUT2D eigenvalue weighted by molar-refractivity contribution is 5.83. The minimum Gasteiger partial charge on any atom is -0.458 e. The molecule has 1 aromatic heterocycles. The van der Waals surface area contributed by atoms with E-state index in [1.807, 2.05) is 0 Å². The maximum absolute atomic E-state index is 12.5. The number of carbonyl (C=O) groups excluding carboxylic acids is 1. The van der Waals surface area contributed by atoms with Crippen LogP contribution in [0.25, 0.3) is 11.0 Å². The summed E-state index contributed by atoms with van der Waals surface area (Å²) in [6, 6.07) is 6.57. The van der Waals surface area contributed by atoms with Crippen LogP contribution >= 0.6 is 0 Å². The fourth-order valence-corrected chi connectivity index (χ4v) is 6.37. The fourth-order valence-electron chi connectivity index (χ4n) is 6.37. The molecule has 1 saturated carbocycles. The molecule has 160 valence electrons. The van der Waals surface area contributed by atoms with Crippen LogP contribution in [-0.4, -0.2) is 30.5 Å². The maximum atomic E-state index is 12.5. The molecule has 1 aromatic carbocycles. The second kappa shape index (κ2) is 6.35. The van der Waals surface area contributed by atoms with Gasteiger partial charge in [-0.3, -0.25) is 4.79 Å². The molecule has 2 atom stereocenters. The number of rotatable bonds is 1. The third-order valence-corrected chi connectivity index (χ3v) is 8.52. The first-order valence-corrected chi connectivity index (χ1v) is 11.8. The van der Waals surface area contributed by atoms with Gasteiger partial charge in [-0.15, -0.1) is 0 Å². The number of carbonyl (C=O) groups is 1. The number of nitrogens with zero attached hydrogens (tertiary/aromatic N) is 1. The first-order chi connectivity index (χ1) is 14.4. The van der Waals surface area contributed by atoms with Gasteiger partial charge in [0.1, 0.15) is 17.4 Å². The molecule has 0 N–H and O–H groups in total. The predicted molar refractivity (Wildman–Crippen MR) is 116 cm³/mol. The number of hydrogen-bond acceptors (Lipinski definition) is 3. The number of furan rings is 1. The molecule has 30 heavy (non-hydrogen) atoms. The lowest BCUT2D eigenvalue weighted by Crippen LogP contribution is -2.52. The Bertz CT molecular complexity index is 1010. The Morgan fingerprint density at radius 3 is 2.67 bits per heavy atom. The van der Waals surface area contributed by atoms with E-state index in [0.29, 0.717) is 17.7 Å². The summed E-state index contributed by atoms with van der Waals surface area (Å²) in [5.74, 6) is 2.28. The molecule has 6 rings (SSSR count). The van der Waals surface area contributed by atoms with E-state index in [4.69, 9.17) is 9.15 Å². The molecular formula is C26H33NO3. The van der Waals surface area contributed by atoms with Gasteiger partial charge in [0, 0.05) is 30.0 Å². The average Bonchev–Trinajstić information content (AvgIpc) is 3.51. The lowest BCUT2D eigenvalue weighted by Gasteiger charge is -2.54. The van der Waals surface area contributed by atoms with Crippen LogP contribution in [0.15, 0.2) is 22.6 Å². The maximum Gasteiger partial charge on any atom is 0.225 e. The molecule has 0 unspecified atom stereocenters. The third kappa shape index (κ3) is 2.86. The quantitative estimate of drug-likeness (QED) is 0.634. The van der Waals surface area contributed by atoms with Crippen molar-refractivity contribution in [3.63, 3.8) is 0 Å². The fraction of sp³-hybridized carbons (Fsp3) is 0.654. The van der Waals surface area contributed by atoms with E-state index < -0.39 is 0 Å². The number of aryl methyl sites for hydroxylation is 1. The van der Waals surface area contributed by atoms with Gasteiger partial charge in [0.25, 0.3) is 0 Å². The molecule has 3 fully saturated rings. The molecular weight excluding hydrogens is 374 g/mol. The summed E-state index contributed by atoms with van der Waals surface area (Å²) >= 11 is 0. The van der Waals surface area contributed by atoms with Crippen molar-refractivity contribution in [2.45, 2.75) is 65.4 Å². The number of likely N-dealkylation sites (tertiary alicyclic amines) is 1. The predicted octanol–water partition coefficient (Wildman–Crippen LogP) is 5.42. The largest absolute Gasteiger partial charge is 0.458 e. The highest BCUT2D eigenvalue weighted by Gasteiger charge is 2.53. The van der Waals surface area contributed by atoms with E-state index >= 15 is 0 Å². The normalized spacial score (nSPS) is 29.6. The summed E-state index contributed by atoms with van der Waals surface area (Å²) in [6.07, 6.45) is 6.65. The van der Waals surface area contributed by atoms with E-state index in [9.17, 15) is 4.79 Å². The second-order valence-electron chi connectivity index (χ2n) is 11.3. The smallest absolute Gasteiger partial charge is 0.225 e. The van der Waals surface area contributed by atoms with Crippen LogP contribution in [0.4, 0.5) is 0 Å². The van der Waals surface area contributed by atoms with Crippen LogP contribution in [0.3, 0.4) is 0 Å². The van der Waals surface area contributed by atoms with Crippen molar-refractivity contribution in [3.8, 4) is 0 Å². The summed E-state index contributed by atoms with van der Waals surface area (Å²) in [5, 5.41) is 1.26. The van der Waals surface area contributed by atoms with Crippen molar-refractivity contribution >= 4 is 16.9 Å². The van der Waals surface area contributed by atoms with Gasteiger partial charge in [0.2, 0.25) is 5.91 Å². The summed E-state index contributed by atoms with van der Waals surface area (Å²) in [7, 11) is 0. The van der Waals surface area contributed by atoms with Crippen LogP contribution < -0.4 is 0 Å². The van der Waals surface area contributed by atoms with Crippen LogP contribution in [0.1, 0.15) is 68.9 Å². The molecule has 0 radical (unpaired) electrons. The summed E-state index contributed by atoms with van der Waals surface area (Å²) in [5.41, 5.74) is 4.00. The Morgan fingerprint density at radius 1 is 1.17 bits per heavy atom. The molecule has 2 saturated heterocycles. The van der Waals surface area contributed by atoms with Crippen LogP contribution in [0, 0.1) is 29.6 Å². The Balaban J connectivity index is 1.27. The molecule has 4 aliphatic rings. The monoisotopic (exact) mass is 407 g/mol. The molecule has 0 bridgehead atoms. The van der Waals surface area contributed by atoms with Gasteiger partial charge in [-0.2, -0.15) is 0 Å². The SMILES string of the molecule is Cc1ccc2c3c(oc2c1)[C@H]1OCC2(CCN(C(=O)C4CC4)CC2)C[C@@H]1C(C)(C)C3. The number of fused-ring (bicyclic) bond motifs is 5. The molecule has 4 nitrogen and oxygen atoms in total. The van der Waals surface area contributed by atoms with Gasteiger partial charge in [-0.1, -0.05) is 26.0 Å².